The maximum atomic E-state index is 13.5. The minimum absolute atomic E-state index is 0.0457. The van der Waals surface area contributed by atoms with E-state index in [0.717, 1.165) is 5.31 Å². The van der Waals surface area contributed by atoms with Crippen LogP contribution < -0.4 is 15.4 Å². The van der Waals surface area contributed by atoms with Gasteiger partial charge in [-0.25, -0.2) is 9.59 Å². The molecule has 22 atom stereocenters. The van der Waals surface area contributed by atoms with E-state index in [1.807, 2.05) is 27.7 Å². The molecular formula is C48H70N2O16P2. The maximum absolute atomic E-state index is 13.5. The van der Waals surface area contributed by atoms with Gasteiger partial charge in [-0.2, -0.15) is 0 Å². The largest absolute Gasteiger partial charge is 0.456 e. The van der Waals surface area contributed by atoms with Crippen LogP contribution in [0.25, 0.3) is 0 Å². The predicted octanol–water partition coefficient (Wildman–Crippen LogP) is 3.49. The smallest absolute Gasteiger partial charge is 0.343 e. The number of ether oxygens (including phenoxy) is 10. The topological polar surface area (TPSA) is 225 Å². The SMILES string of the molecule is [3H]N(CP)C1[C@H](OC2[C@H](C)OC(C(=O)Oc3ccccc3)[C@@](C)(O)[C@@H]2OC(C)=O)OC(CC)[C@H](O[C@@H]2OC(C)[C@H](O[C@@H]3OC(C(C)=O)[C@H](C)[C@H](C)C3OC(=O)c3ccccc3)[C@H](O)C2N([3H])CP)[C@@H]1C. The third-order valence-corrected chi connectivity index (χ3v) is 13.8. The van der Waals surface area contributed by atoms with Crippen molar-refractivity contribution in [2.45, 2.75) is 172 Å². The van der Waals surface area contributed by atoms with Crippen molar-refractivity contribution in [3.8, 4) is 5.75 Å². The highest BCUT2D eigenvalue weighted by Crippen LogP contribution is 2.41. The second-order valence-corrected chi connectivity index (χ2v) is 19.0. The van der Waals surface area contributed by atoms with Gasteiger partial charge in [-0.15, -0.1) is 18.5 Å². The number of nitrogens with one attached hydrogen (secondary N) is 2. The molecule has 0 spiro atoms. The summed E-state index contributed by atoms with van der Waals surface area (Å²) >= 11 is 0. The summed E-state index contributed by atoms with van der Waals surface area (Å²) in [5, 5.41) is 26.6. The first-order valence-corrected chi connectivity index (χ1v) is 24.9. The highest BCUT2D eigenvalue weighted by molar-refractivity contribution is 7.16. The number of esters is 3. The van der Waals surface area contributed by atoms with Crippen molar-refractivity contribution in [2.24, 2.45) is 17.8 Å². The molecule has 0 saturated carbocycles. The van der Waals surface area contributed by atoms with E-state index < -0.39 is 133 Å². The molecule has 18 nitrogen and oxygen atoms in total. The summed E-state index contributed by atoms with van der Waals surface area (Å²) in [4.78, 5) is 52.4. The molecule has 0 amide bonds. The Morgan fingerprint density at radius 1 is 0.721 bits per heavy atom. The van der Waals surface area contributed by atoms with E-state index in [2.05, 4.69) is 18.5 Å². The molecule has 4 aliphatic rings. The lowest BCUT2D eigenvalue weighted by Crippen LogP contribution is -2.70. The highest BCUT2D eigenvalue weighted by Gasteiger charge is 2.60. The second kappa shape index (κ2) is 23.9. The number of ketones is 1. The van der Waals surface area contributed by atoms with Crippen LogP contribution in [0.5, 0.6) is 5.75 Å². The number of hydrogen-bond donors (Lipinski definition) is 4. The third-order valence-electron chi connectivity index (χ3n) is 13.4. The minimum atomic E-state index is -2.17. The van der Waals surface area contributed by atoms with Crippen LogP contribution in [0.2, 0.25) is 2.82 Å². The van der Waals surface area contributed by atoms with Crippen LogP contribution in [0.1, 0.15) is 79.1 Å². The number of aliphatic hydroxyl groups is 2. The van der Waals surface area contributed by atoms with Crippen LogP contribution in [0, 0.1) is 17.8 Å². The van der Waals surface area contributed by atoms with Crippen LogP contribution in [-0.2, 0) is 57.0 Å². The number of benzene rings is 2. The summed E-state index contributed by atoms with van der Waals surface area (Å²) in [6.45, 7) is 14.5. The van der Waals surface area contributed by atoms with Crippen LogP contribution in [0.3, 0.4) is 0 Å². The molecule has 4 aliphatic heterocycles. The Kier molecular flexibility index (Phi) is 18.0. The van der Waals surface area contributed by atoms with Gasteiger partial charge < -0.3 is 68.2 Å². The van der Waals surface area contributed by atoms with Crippen LogP contribution >= 0.6 is 18.5 Å². The quantitative estimate of drug-likeness (QED) is 0.101. The van der Waals surface area contributed by atoms with Gasteiger partial charge in [0.05, 0.1) is 42.1 Å². The summed E-state index contributed by atoms with van der Waals surface area (Å²) in [6.07, 6.45) is -15.6. The van der Waals surface area contributed by atoms with Crippen molar-refractivity contribution < 1.29 is 79.6 Å². The zero-order chi connectivity index (χ0) is 51.4. The summed E-state index contributed by atoms with van der Waals surface area (Å²) in [6, 6.07) is 14.6. The molecule has 10 unspecified atom stereocenters. The summed E-state index contributed by atoms with van der Waals surface area (Å²) in [7, 11) is 4.94. The first-order valence-electron chi connectivity index (χ1n) is 24.1. The molecule has 0 aliphatic carbocycles. The Balaban J connectivity index is 1.23. The van der Waals surface area contributed by atoms with Crippen molar-refractivity contribution >= 4 is 42.2 Å². The lowest BCUT2D eigenvalue weighted by atomic mass is 9.82. The standard InChI is InChI=1S/C48H70N2O16P2/c1-10-32-37(25(4)33(49-21-67)45(61-32)66-40-28(7)57-42(48(9,56)41(40)59-29(8)52)44(55)60-31-19-15-12-16-20-31)64-46-34(50-22-68)35(53)39(27(6)58-46)65-47-38(24(3)23(2)36(63-47)26(5)51)62-43(54)30-17-13-11-14-18-30/h11-20,23-25,27-28,32-42,45-47,49-50,53,56H,10,21-22,67-68H2,1-9H3/t23-,24+,25-,27?,28+,32?,33?,34?,35-,36?,37-,38?,39+,40?,41-,42?,45+,46+,47+,48+/m1/s1/i/hT2. The number of rotatable bonds is 17. The molecule has 0 aromatic heterocycles. The number of hydrogen-bond acceptors (Lipinski definition) is 18. The van der Waals surface area contributed by atoms with Gasteiger partial charge >= 0.3 is 17.9 Å². The molecule has 68 heavy (non-hydrogen) atoms. The van der Waals surface area contributed by atoms with Crippen LogP contribution in [0.15, 0.2) is 60.7 Å². The summed E-state index contributed by atoms with van der Waals surface area (Å²) in [5.41, 5.74) is -1.86. The normalized spacial score (nSPS) is 40.2. The Hall–Kier alpha value is -3.06. The van der Waals surface area contributed by atoms with E-state index in [0.29, 0.717) is 12.0 Å². The van der Waals surface area contributed by atoms with Crippen LogP contribution in [0.4, 0.5) is 0 Å². The fourth-order valence-corrected chi connectivity index (χ4v) is 10.0. The minimum Gasteiger partial charge on any atom is -0.456 e. The average molecular weight is 997 g/mol. The van der Waals surface area contributed by atoms with E-state index >= 15 is 0 Å². The molecule has 378 valence electrons. The lowest BCUT2D eigenvalue weighted by Gasteiger charge is -2.52. The van der Waals surface area contributed by atoms with Crippen LogP contribution in [-0.4, -0.2) is 150 Å². The lowest BCUT2D eigenvalue weighted by molar-refractivity contribution is -0.354. The second-order valence-electron chi connectivity index (χ2n) is 18.2. The Labute approximate surface area is 406 Å². The molecular weight excluding hydrogens is 922 g/mol. The zero-order valence-electron chi connectivity index (χ0n) is 42.0. The summed E-state index contributed by atoms with van der Waals surface area (Å²) in [5.74, 6) is -3.70. The van der Waals surface area contributed by atoms with Gasteiger partial charge in [0.1, 0.15) is 38.6 Å². The van der Waals surface area contributed by atoms with Gasteiger partial charge in [0.25, 0.3) is 0 Å². The molecule has 0 radical (unpaired) electrons. The first kappa shape index (κ1) is 51.3. The van der Waals surface area contributed by atoms with Crippen molar-refractivity contribution in [1.82, 2.24) is 10.6 Å². The van der Waals surface area contributed by atoms with Gasteiger partial charge in [0.2, 0.25) is 0 Å². The molecule has 6 rings (SSSR count). The van der Waals surface area contributed by atoms with Gasteiger partial charge in [-0.1, -0.05) is 64.1 Å². The predicted molar refractivity (Wildman–Crippen MR) is 252 cm³/mol. The van der Waals surface area contributed by atoms with Crippen molar-refractivity contribution in [3.05, 3.63) is 66.2 Å². The summed E-state index contributed by atoms with van der Waals surface area (Å²) < 4.78 is 80.9. The van der Waals surface area contributed by atoms with E-state index in [-0.39, 0.29) is 30.0 Å². The molecule has 4 fully saturated rings. The van der Waals surface area contributed by atoms with Gasteiger partial charge in [0, 0.05) is 31.3 Å². The monoisotopic (exact) mass is 996 g/mol. The molecule has 2 aromatic rings. The maximum Gasteiger partial charge on any atom is 0.343 e. The van der Waals surface area contributed by atoms with Crippen molar-refractivity contribution in [1.29, 1.82) is 0 Å². The molecule has 20 heteroatoms. The number of carbonyl (C=O) groups excluding carboxylic acids is 4. The molecule has 4 saturated heterocycles. The molecule has 4 heterocycles. The fourth-order valence-electron chi connectivity index (χ4n) is 9.55. The van der Waals surface area contributed by atoms with E-state index in [1.54, 1.807) is 74.5 Å². The molecule has 2 aromatic carbocycles. The fraction of sp³-hybridized carbons (Fsp3) is 0.667. The van der Waals surface area contributed by atoms with Gasteiger partial charge in [-0.05, 0) is 64.3 Å². The Morgan fingerprint density at radius 3 is 1.90 bits per heavy atom. The number of Topliss-reactive ketones (excluding diaryl/α,β-unsaturated/α-hetero) is 1. The average Bonchev–Trinajstić information content (AvgIpc) is 3.32. The van der Waals surface area contributed by atoms with Gasteiger partial charge in [-0.3, -0.25) is 9.59 Å². The number of carbonyl (C=O) groups is 4. The Bertz CT molecular complexity index is 2070. The first-order chi connectivity index (χ1) is 33.1. The molecule has 4 N–H and O–H groups in total. The molecule has 0 bridgehead atoms. The number of aliphatic hydroxyl groups excluding tert-OH is 1. The van der Waals surface area contributed by atoms with Gasteiger partial charge in [0.15, 0.2) is 43.0 Å². The van der Waals surface area contributed by atoms with Crippen molar-refractivity contribution in [2.75, 3.05) is 12.6 Å². The highest BCUT2D eigenvalue weighted by atomic mass is 31.0. The third kappa shape index (κ3) is 12.2. The van der Waals surface area contributed by atoms with E-state index in [4.69, 9.17) is 50.2 Å². The Morgan fingerprint density at radius 2 is 1.29 bits per heavy atom. The zero-order valence-corrected chi connectivity index (χ0v) is 42.3. The van der Waals surface area contributed by atoms with Crippen molar-refractivity contribution in [3.63, 3.8) is 0 Å². The van der Waals surface area contributed by atoms with E-state index in [1.165, 1.54) is 26.1 Å². The number of para-hydroxylation sites is 1. The van der Waals surface area contributed by atoms with E-state index in [9.17, 15) is 29.4 Å².